The smallest absolute Gasteiger partial charge is 0.303 e. The van der Waals surface area contributed by atoms with Gasteiger partial charge in [0.05, 0.1) is 17.5 Å². The molecule has 0 amide bonds. The van der Waals surface area contributed by atoms with Crippen LogP contribution in [0.3, 0.4) is 0 Å². The highest BCUT2D eigenvalue weighted by Gasteiger charge is 2.37. The van der Waals surface area contributed by atoms with E-state index in [1.807, 2.05) is 6.07 Å². The molecule has 3 rings (SSSR count). The van der Waals surface area contributed by atoms with E-state index < -0.39 is 5.97 Å². The van der Waals surface area contributed by atoms with Crippen LogP contribution in [0, 0.1) is 5.41 Å². The van der Waals surface area contributed by atoms with Gasteiger partial charge in [-0.2, -0.15) is 0 Å². The third-order valence-electron chi connectivity index (χ3n) is 4.74. The number of benzene rings is 1. The molecule has 4 heteroatoms. The molecule has 0 aliphatic heterocycles. The van der Waals surface area contributed by atoms with E-state index >= 15 is 0 Å². The van der Waals surface area contributed by atoms with E-state index in [0.717, 1.165) is 55.4 Å². The lowest BCUT2D eigenvalue weighted by Gasteiger charge is -2.25. The number of fused-ring (bicyclic) bond motifs is 1. The third kappa shape index (κ3) is 2.94. The second-order valence-electron chi connectivity index (χ2n) is 6.34. The fraction of sp³-hybridized carbons (Fsp3) is 0.529. The van der Waals surface area contributed by atoms with Crippen molar-refractivity contribution in [1.82, 2.24) is 9.97 Å². The van der Waals surface area contributed by atoms with Gasteiger partial charge < -0.3 is 10.1 Å². The molecule has 0 saturated heterocycles. The van der Waals surface area contributed by atoms with Crippen LogP contribution in [0.5, 0.6) is 0 Å². The van der Waals surface area contributed by atoms with Crippen LogP contribution in [0.2, 0.25) is 0 Å². The first-order chi connectivity index (χ1) is 10.1. The summed E-state index contributed by atoms with van der Waals surface area (Å²) < 4.78 is 0. The number of nitrogens with zero attached hydrogens (tertiary/aromatic N) is 1. The van der Waals surface area contributed by atoms with Gasteiger partial charge in [0.15, 0.2) is 0 Å². The van der Waals surface area contributed by atoms with Crippen LogP contribution < -0.4 is 0 Å². The summed E-state index contributed by atoms with van der Waals surface area (Å²) >= 11 is 0. The van der Waals surface area contributed by atoms with Gasteiger partial charge in [-0.1, -0.05) is 25.8 Å². The molecule has 1 aliphatic carbocycles. The van der Waals surface area contributed by atoms with E-state index in [1.54, 1.807) is 0 Å². The fourth-order valence-corrected chi connectivity index (χ4v) is 3.63. The summed E-state index contributed by atoms with van der Waals surface area (Å²) in [7, 11) is 0. The summed E-state index contributed by atoms with van der Waals surface area (Å²) in [6, 6.07) is 6.30. The van der Waals surface area contributed by atoms with E-state index in [1.165, 1.54) is 5.56 Å². The second kappa shape index (κ2) is 5.51. The lowest BCUT2D eigenvalue weighted by molar-refractivity contribution is -0.139. The molecule has 0 bridgehead atoms. The van der Waals surface area contributed by atoms with Gasteiger partial charge in [0.1, 0.15) is 5.82 Å². The molecule has 1 aromatic heterocycles. The Morgan fingerprint density at radius 2 is 2.14 bits per heavy atom. The largest absolute Gasteiger partial charge is 0.481 e. The number of hydrogen-bond acceptors (Lipinski definition) is 2. The predicted octanol–water partition coefficient (Wildman–Crippen LogP) is 3.70. The molecule has 2 N–H and O–H groups in total. The zero-order valence-electron chi connectivity index (χ0n) is 12.5. The minimum absolute atomic E-state index is 0.104. The molecule has 2 aromatic rings. The van der Waals surface area contributed by atoms with Crippen LogP contribution in [-0.4, -0.2) is 21.0 Å². The average Bonchev–Trinajstić information content (AvgIpc) is 3.03. The molecule has 1 saturated carbocycles. The number of H-pyrrole nitrogens is 1. The Bertz CT molecular complexity index is 654. The Morgan fingerprint density at radius 3 is 2.81 bits per heavy atom. The van der Waals surface area contributed by atoms with E-state index in [-0.39, 0.29) is 11.8 Å². The molecule has 1 heterocycles. The van der Waals surface area contributed by atoms with Crippen LogP contribution in [-0.2, 0) is 17.6 Å². The quantitative estimate of drug-likeness (QED) is 0.880. The second-order valence-corrected chi connectivity index (χ2v) is 6.34. The molecule has 112 valence electrons. The van der Waals surface area contributed by atoms with E-state index in [0.29, 0.717) is 0 Å². The fourth-order valence-electron chi connectivity index (χ4n) is 3.63. The molecule has 1 aliphatic rings. The van der Waals surface area contributed by atoms with Gasteiger partial charge >= 0.3 is 5.97 Å². The number of carbonyl (C=O) groups is 1. The highest BCUT2D eigenvalue weighted by Crippen LogP contribution is 2.43. The highest BCUT2D eigenvalue weighted by atomic mass is 16.4. The van der Waals surface area contributed by atoms with Crippen molar-refractivity contribution in [1.29, 1.82) is 0 Å². The summed E-state index contributed by atoms with van der Waals surface area (Å²) in [6.07, 6.45) is 6.26. The number of carboxylic acid groups (broad SMARTS) is 1. The van der Waals surface area contributed by atoms with Gasteiger partial charge in [-0.15, -0.1) is 0 Å². The Hall–Kier alpha value is -1.84. The van der Waals surface area contributed by atoms with Crippen molar-refractivity contribution in [2.75, 3.05) is 0 Å². The molecule has 21 heavy (non-hydrogen) atoms. The lowest BCUT2D eigenvalue weighted by Crippen LogP contribution is -2.24. The molecular weight excluding hydrogens is 264 g/mol. The van der Waals surface area contributed by atoms with Crippen LogP contribution in [0.15, 0.2) is 18.2 Å². The molecule has 1 aromatic carbocycles. The van der Waals surface area contributed by atoms with Crippen molar-refractivity contribution in [2.24, 2.45) is 5.41 Å². The monoisotopic (exact) mass is 286 g/mol. The minimum Gasteiger partial charge on any atom is -0.481 e. The van der Waals surface area contributed by atoms with Crippen molar-refractivity contribution >= 4 is 17.0 Å². The van der Waals surface area contributed by atoms with Gasteiger partial charge in [-0.05, 0) is 42.4 Å². The Labute approximate surface area is 124 Å². The summed E-state index contributed by atoms with van der Waals surface area (Å²) in [6.45, 7) is 2.14. The topological polar surface area (TPSA) is 66.0 Å². The number of carboxylic acids is 1. The van der Waals surface area contributed by atoms with Gasteiger partial charge in [-0.25, -0.2) is 4.98 Å². The van der Waals surface area contributed by atoms with Gasteiger partial charge in [0.2, 0.25) is 0 Å². The zero-order valence-corrected chi connectivity index (χ0v) is 12.5. The Kier molecular flexibility index (Phi) is 3.70. The first-order valence-corrected chi connectivity index (χ1v) is 7.79. The standard InChI is InChI=1S/C17H22N2O2/c1-2-12-5-6-13-14(9-12)19-15(18-13)10-17(11-16(20)21)7-3-4-8-17/h5-6,9H,2-4,7-8,10-11H2,1H3,(H,18,19)(H,20,21). The number of aryl methyl sites for hydroxylation is 1. The summed E-state index contributed by atoms with van der Waals surface area (Å²) in [4.78, 5) is 19.2. The molecule has 0 atom stereocenters. The first kappa shape index (κ1) is 14.1. The number of imidazole rings is 1. The molecule has 0 radical (unpaired) electrons. The first-order valence-electron chi connectivity index (χ1n) is 7.79. The predicted molar refractivity (Wildman–Crippen MR) is 82.3 cm³/mol. The Morgan fingerprint density at radius 1 is 1.38 bits per heavy atom. The molecular formula is C17H22N2O2. The SMILES string of the molecule is CCc1ccc2nc(CC3(CC(=O)O)CCCC3)[nH]c2c1. The molecule has 0 unspecified atom stereocenters. The maximum atomic E-state index is 11.2. The van der Waals surface area contributed by atoms with Crippen molar-refractivity contribution in [3.8, 4) is 0 Å². The van der Waals surface area contributed by atoms with Gasteiger partial charge in [0.25, 0.3) is 0 Å². The maximum Gasteiger partial charge on any atom is 0.303 e. The summed E-state index contributed by atoms with van der Waals surface area (Å²) in [5.74, 6) is 0.239. The number of hydrogen-bond donors (Lipinski definition) is 2. The van der Waals surface area contributed by atoms with Gasteiger partial charge in [-0.3, -0.25) is 4.79 Å². The van der Waals surface area contributed by atoms with Crippen LogP contribution in [0.4, 0.5) is 0 Å². The van der Waals surface area contributed by atoms with Crippen molar-refractivity contribution in [3.63, 3.8) is 0 Å². The Balaban J connectivity index is 1.87. The van der Waals surface area contributed by atoms with Crippen molar-refractivity contribution in [3.05, 3.63) is 29.6 Å². The number of aromatic nitrogens is 2. The van der Waals surface area contributed by atoms with Crippen molar-refractivity contribution in [2.45, 2.75) is 51.9 Å². The number of nitrogens with one attached hydrogen (secondary N) is 1. The van der Waals surface area contributed by atoms with E-state index in [9.17, 15) is 9.90 Å². The minimum atomic E-state index is -0.693. The molecule has 4 nitrogen and oxygen atoms in total. The number of aromatic amines is 1. The number of aliphatic carboxylic acids is 1. The van der Waals surface area contributed by atoms with Crippen LogP contribution in [0.25, 0.3) is 11.0 Å². The third-order valence-corrected chi connectivity index (χ3v) is 4.74. The normalized spacial score (nSPS) is 17.4. The van der Waals surface area contributed by atoms with Crippen molar-refractivity contribution < 1.29 is 9.90 Å². The van der Waals surface area contributed by atoms with E-state index in [2.05, 4.69) is 29.0 Å². The van der Waals surface area contributed by atoms with E-state index in [4.69, 9.17) is 0 Å². The van der Waals surface area contributed by atoms with Crippen LogP contribution >= 0.6 is 0 Å². The number of rotatable bonds is 5. The summed E-state index contributed by atoms with van der Waals surface area (Å²) in [5, 5.41) is 9.19. The summed E-state index contributed by atoms with van der Waals surface area (Å²) in [5.41, 5.74) is 3.23. The maximum absolute atomic E-state index is 11.2. The van der Waals surface area contributed by atoms with Crippen LogP contribution in [0.1, 0.15) is 50.4 Å². The lowest BCUT2D eigenvalue weighted by atomic mass is 9.79. The highest BCUT2D eigenvalue weighted by molar-refractivity contribution is 5.76. The average molecular weight is 286 g/mol. The molecule has 1 fully saturated rings. The zero-order chi connectivity index (χ0) is 14.9. The van der Waals surface area contributed by atoms with Gasteiger partial charge in [0, 0.05) is 6.42 Å². The molecule has 0 spiro atoms.